The zero-order valence-electron chi connectivity index (χ0n) is 9.40. The number of hydrogen-bond donors (Lipinski definition) is 0. The lowest BCUT2D eigenvalue weighted by Gasteiger charge is -2.17. The van der Waals surface area contributed by atoms with Gasteiger partial charge in [-0.1, -0.05) is 36.4 Å². The van der Waals surface area contributed by atoms with Gasteiger partial charge in [-0.3, -0.25) is 0 Å². The fourth-order valence-electron chi connectivity index (χ4n) is 1.95. The summed E-state index contributed by atoms with van der Waals surface area (Å²) < 4.78 is 0. The Morgan fingerprint density at radius 1 is 1.20 bits per heavy atom. The van der Waals surface area contributed by atoms with Gasteiger partial charge in [0.15, 0.2) is 0 Å². The first kappa shape index (κ1) is 10.0. The lowest BCUT2D eigenvalue weighted by atomic mass is 10.0. The molecule has 1 nitrogen and oxygen atoms in total. The van der Waals surface area contributed by atoms with Gasteiger partial charge in [0.1, 0.15) is 0 Å². The SMILES string of the molecule is CN(C)c1ccccc1CC1=CCC=C1. The van der Waals surface area contributed by atoms with E-state index < -0.39 is 0 Å². The number of anilines is 1. The third kappa shape index (κ3) is 2.30. The van der Waals surface area contributed by atoms with E-state index >= 15 is 0 Å². The first-order valence-electron chi connectivity index (χ1n) is 5.38. The van der Waals surface area contributed by atoms with Gasteiger partial charge in [-0.15, -0.1) is 0 Å². The van der Waals surface area contributed by atoms with E-state index in [4.69, 9.17) is 0 Å². The summed E-state index contributed by atoms with van der Waals surface area (Å²) in [7, 11) is 4.19. The molecule has 0 aliphatic heterocycles. The molecule has 0 unspecified atom stereocenters. The molecule has 1 aliphatic rings. The molecule has 0 amide bonds. The maximum atomic E-state index is 2.30. The number of para-hydroxylation sites is 1. The summed E-state index contributed by atoms with van der Waals surface area (Å²) in [5, 5.41) is 0. The van der Waals surface area contributed by atoms with Gasteiger partial charge in [0.2, 0.25) is 0 Å². The van der Waals surface area contributed by atoms with Crippen molar-refractivity contribution in [2.75, 3.05) is 19.0 Å². The van der Waals surface area contributed by atoms with Gasteiger partial charge in [-0.05, 0) is 30.0 Å². The minimum atomic E-state index is 1.05. The average molecular weight is 199 g/mol. The summed E-state index contributed by atoms with van der Waals surface area (Å²) in [5.41, 5.74) is 4.16. The van der Waals surface area contributed by atoms with Crippen LogP contribution in [0.25, 0.3) is 0 Å². The molecule has 0 spiro atoms. The van der Waals surface area contributed by atoms with Crippen LogP contribution < -0.4 is 4.90 Å². The number of nitrogens with zero attached hydrogens (tertiary/aromatic N) is 1. The third-order valence-corrected chi connectivity index (χ3v) is 2.72. The van der Waals surface area contributed by atoms with Crippen LogP contribution in [0.2, 0.25) is 0 Å². The Hall–Kier alpha value is -1.50. The van der Waals surface area contributed by atoms with Crippen LogP contribution in [0, 0.1) is 0 Å². The summed E-state index contributed by atoms with van der Waals surface area (Å²) in [5.74, 6) is 0. The number of benzene rings is 1. The molecule has 0 saturated carbocycles. The molecule has 1 aromatic carbocycles. The average Bonchev–Trinajstić information content (AvgIpc) is 2.71. The van der Waals surface area contributed by atoms with E-state index in [9.17, 15) is 0 Å². The maximum absolute atomic E-state index is 2.30. The minimum Gasteiger partial charge on any atom is -0.377 e. The third-order valence-electron chi connectivity index (χ3n) is 2.72. The Kier molecular flexibility index (Phi) is 2.91. The van der Waals surface area contributed by atoms with Gasteiger partial charge >= 0.3 is 0 Å². The molecule has 0 heterocycles. The van der Waals surface area contributed by atoms with Gasteiger partial charge in [0.25, 0.3) is 0 Å². The molecule has 15 heavy (non-hydrogen) atoms. The summed E-state index contributed by atoms with van der Waals surface area (Å²) in [6, 6.07) is 8.59. The molecule has 1 aliphatic carbocycles. The standard InChI is InChI=1S/C14H17N/c1-15(2)14-10-6-5-9-13(14)11-12-7-3-4-8-12/h3,5-10H,4,11H2,1-2H3. The molecular weight excluding hydrogens is 182 g/mol. The van der Waals surface area contributed by atoms with Crippen LogP contribution in [-0.4, -0.2) is 14.1 Å². The zero-order valence-corrected chi connectivity index (χ0v) is 9.40. The highest BCUT2D eigenvalue weighted by atomic mass is 15.1. The van der Waals surface area contributed by atoms with Crippen molar-refractivity contribution in [2.24, 2.45) is 0 Å². The van der Waals surface area contributed by atoms with E-state index in [0.29, 0.717) is 0 Å². The van der Waals surface area contributed by atoms with Crippen molar-refractivity contribution in [2.45, 2.75) is 12.8 Å². The summed E-state index contributed by atoms with van der Waals surface area (Å²) >= 11 is 0. The zero-order chi connectivity index (χ0) is 10.7. The molecule has 0 N–H and O–H groups in total. The highest BCUT2D eigenvalue weighted by Gasteiger charge is 2.05. The Bertz CT molecular complexity index is 400. The Morgan fingerprint density at radius 3 is 2.67 bits per heavy atom. The van der Waals surface area contributed by atoms with Gasteiger partial charge in [0, 0.05) is 19.8 Å². The molecule has 0 atom stereocenters. The molecule has 2 rings (SSSR count). The molecule has 78 valence electrons. The lowest BCUT2D eigenvalue weighted by Crippen LogP contribution is -2.11. The lowest BCUT2D eigenvalue weighted by molar-refractivity contribution is 1.08. The second-order valence-electron chi connectivity index (χ2n) is 4.12. The van der Waals surface area contributed by atoms with Crippen LogP contribution in [0.15, 0.2) is 48.1 Å². The molecule has 0 saturated heterocycles. The van der Waals surface area contributed by atoms with Gasteiger partial charge in [-0.2, -0.15) is 0 Å². The quantitative estimate of drug-likeness (QED) is 0.722. The molecule has 0 radical (unpaired) electrons. The Balaban J connectivity index is 2.23. The van der Waals surface area contributed by atoms with E-state index in [0.717, 1.165) is 12.8 Å². The highest BCUT2D eigenvalue weighted by molar-refractivity contribution is 5.54. The van der Waals surface area contributed by atoms with Crippen molar-refractivity contribution in [3.63, 3.8) is 0 Å². The van der Waals surface area contributed by atoms with E-state index in [1.165, 1.54) is 16.8 Å². The predicted molar refractivity (Wildman–Crippen MR) is 66.3 cm³/mol. The van der Waals surface area contributed by atoms with Crippen LogP contribution in [0.5, 0.6) is 0 Å². The molecule has 1 heteroatoms. The predicted octanol–water partition coefficient (Wildman–Crippen LogP) is 3.18. The van der Waals surface area contributed by atoms with Crippen LogP contribution in [0.4, 0.5) is 5.69 Å². The van der Waals surface area contributed by atoms with Crippen LogP contribution in [-0.2, 0) is 6.42 Å². The molecule has 1 aromatic rings. The summed E-state index contributed by atoms with van der Waals surface area (Å²) in [6.45, 7) is 0. The van der Waals surface area contributed by atoms with Crippen molar-refractivity contribution in [1.29, 1.82) is 0 Å². The smallest absolute Gasteiger partial charge is 0.0396 e. The Morgan fingerprint density at radius 2 is 2.00 bits per heavy atom. The van der Waals surface area contributed by atoms with Crippen molar-refractivity contribution >= 4 is 5.69 Å². The van der Waals surface area contributed by atoms with E-state index in [1.54, 1.807) is 0 Å². The highest BCUT2D eigenvalue weighted by Crippen LogP contribution is 2.23. The largest absolute Gasteiger partial charge is 0.377 e. The number of rotatable bonds is 3. The monoisotopic (exact) mass is 199 g/mol. The molecule has 0 aromatic heterocycles. The molecule has 0 fully saturated rings. The fraction of sp³-hybridized carbons (Fsp3) is 0.286. The first-order valence-corrected chi connectivity index (χ1v) is 5.38. The fourth-order valence-corrected chi connectivity index (χ4v) is 1.95. The maximum Gasteiger partial charge on any atom is 0.0396 e. The second kappa shape index (κ2) is 4.35. The van der Waals surface area contributed by atoms with E-state index in [2.05, 4.69) is 61.5 Å². The molecular formula is C14H17N. The van der Waals surface area contributed by atoms with Crippen molar-refractivity contribution in [1.82, 2.24) is 0 Å². The number of allylic oxidation sites excluding steroid dienone is 4. The second-order valence-corrected chi connectivity index (χ2v) is 4.12. The van der Waals surface area contributed by atoms with E-state index in [-0.39, 0.29) is 0 Å². The van der Waals surface area contributed by atoms with Crippen molar-refractivity contribution in [3.05, 3.63) is 53.6 Å². The first-order chi connectivity index (χ1) is 7.27. The molecule has 0 bridgehead atoms. The van der Waals surface area contributed by atoms with Crippen LogP contribution in [0.1, 0.15) is 12.0 Å². The van der Waals surface area contributed by atoms with E-state index in [1.807, 2.05) is 0 Å². The van der Waals surface area contributed by atoms with Gasteiger partial charge in [-0.25, -0.2) is 0 Å². The van der Waals surface area contributed by atoms with Gasteiger partial charge < -0.3 is 4.90 Å². The normalized spacial score (nSPS) is 14.1. The Labute approximate surface area is 91.7 Å². The van der Waals surface area contributed by atoms with Crippen LogP contribution in [0.3, 0.4) is 0 Å². The summed E-state index contributed by atoms with van der Waals surface area (Å²) in [6.07, 6.45) is 8.89. The minimum absolute atomic E-state index is 1.05. The summed E-state index contributed by atoms with van der Waals surface area (Å²) in [4.78, 5) is 2.18. The number of hydrogen-bond acceptors (Lipinski definition) is 1. The van der Waals surface area contributed by atoms with Gasteiger partial charge in [0.05, 0.1) is 0 Å². The van der Waals surface area contributed by atoms with Crippen LogP contribution >= 0.6 is 0 Å². The van der Waals surface area contributed by atoms with Crippen molar-refractivity contribution in [3.8, 4) is 0 Å². The van der Waals surface area contributed by atoms with Crippen molar-refractivity contribution < 1.29 is 0 Å². The topological polar surface area (TPSA) is 3.24 Å².